The second kappa shape index (κ2) is 9.95. The number of anilines is 3. The minimum atomic E-state index is 0.570. The van der Waals surface area contributed by atoms with Crippen LogP contribution < -0.4 is 16.0 Å². The fourth-order valence-electron chi connectivity index (χ4n) is 3.43. The monoisotopic (exact) mass is 389 g/mol. The zero-order valence-electron chi connectivity index (χ0n) is 16.5. The van der Waals surface area contributed by atoms with Crippen LogP contribution in [0.1, 0.15) is 6.42 Å². The summed E-state index contributed by atoms with van der Waals surface area (Å²) in [7, 11) is 0. The zero-order valence-corrected chi connectivity index (χ0v) is 16.5. The van der Waals surface area contributed by atoms with Crippen molar-refractivity contribution in [1.82, 2.24) is 25.2 Å². The van der Waals surface area contributed by atoms with E-state index in [-0.39, 0.29) is 0 Å². The molecule has 0 saturated carbocycles. The summed E-state index contributed by atoms with van der Waals surface area (Å²) in [6.45, 7) is 6.46. The standard InChI is InChI=1S/C22H27N7/c1-2-8-20(18(6-1)19-7-3-4-10-24-19)27-22-26-12-9-21(28-22)25-11-5-15-29-16-13-23-14-17-29/h1-4,6-10,12,23H,5,11,13-17H2,(H2,25,26,27,28). The smallest absolute Gasteiger partial charge is 0.229 e. The molecule has 0 atom stereocenters. The summed E-state index contributed by atoms with van der Waals surface area (Å²) in [4.78, 5) is 15.9. The van der Waals surface area contributed by atoms with Crippen molar-refractivity contribution in [2.24, 2.45) is 0 Å². The molecule has 0 amide bonds. The molecular weight excluding hydrogens is 362 g/mol. The van der Waals surface area contributed by atoms with E-state index in [1.165, 1.54) is 0 Å². The highest BCUT2D eigenvalue weighted by Crippen LogP contribution is 2.27. The lowest BCUT2D eigenvalue weighted by Gasteiger charge is -2.27. The Balaban J connectivity index is 1.36. The van der Waals surface area contributed by atoms with Gasteiger partial charge in [0.2, 0.25) is 5.95 Å². The van der Waals surface area contributed by atoms with E-state index in [0.717, 1.165) is 68.5 Å². The number of aromatic nitrogens is 3. The van der Waals surface area contributed by atoms with E-state index in [9.17, 15) is 0 Å². The summed E-state index contributed by atoms with van der Waals surface area (Å²) in [6.07, 6.45) is 4.67. The average molecular weight is 390 g/mol. The van der Waals surface area contributed by atoms with E-state index in [1.54, 1.807) is 12.4 Å². The van der Waals surface area contributed by atoms with Crippen molar-refractivity contribution in [2.75, 3.05) is 49.9 Å². The maximum atomic E-state index is 4.61. The maximum absolute atomic E-state index is 4.61. The molecule has 3 N–H and O–H groups in total. The van der Waals surface area contributed by atoms with Gasteiger partial charge in [0.1, 0.15) is 5.82 Å². The Kier molecular flexibility index (Phi) is 6.62. The third-order valence-electron chi connectivity index (χ3n) is 4.94. The quantitative estimate of drug-likeness (QED) is 0.511. The molecular formula is C22H27N7. The summed E-state index contributed by atoms with van der Waals surface area (Å²) < 4.78 is 0. The van der Waals surface area contributed by atoms with Crippen molar-refractivity contribution < 1.29 is 0 Å². The molecule has 1 aliphatic rings. The summed E-state index contributed by atoms with van der Waals surface area (Å²) in [5.41, 5.74) is 2.87. The Hall–Kier alpha value is -3.03. The third-order valence-corrected chi connectivity index (χ3v) is 4.94. The summed E-state index contributed by atoms with van der Waals surface area (Å²) >= 11 is 0. The molecule has 3 aromatic rings. The number of nitrogens with zero attached hydrogens (tertiary/aromatic N) is 4. The molecule has 1 aromatic carbocycles. The molecule has 150 valence electrons. The van der Waals surface area contributed by atoms with Crippen LogP contribution in [-0.2, 0) is 0 Å². The van der Waals surface area contributed by atoms with Crippen LogP contribution in [0.25, 0.3) is 11.3 Å². The molecule has 0 unspecified atom stereocenters. The predicted molar refractivity (Wildman–Crippen MR) is 117 cm³/mol. The molecule has 7 heteroatoms. The highest BCUT2D eigenvalue weighted by Gasteiger charge is 2.09. The van der Waals surface area contributed by atoms with Crippen molar-refractivity contribution in [3.05, 3.63) is 60.9 Å². The van der Waals surface area contributed by atoms with Gasteiger partial charge >= 0.3 is 0 Å². The van der Waals surface area contributed by atoms with Gasteiger partial charge in [0.05, 0.1) is 11.4 Å². The van der Waals surface area contributed by atoms with Crippen molar-refractivity contribution in [3.8, 4) is 11.3 Å². The first-order valence-electron chi connectivity index (χ1n) is 10.2. The van der Waals surface area contributed by atoms with Crippen LogP contribution in [-0.4, -0.2) is 59.1 Å². The Labute approximate surface area is 171 Å². The molecule has 0 bridgehead atoms. The lowest BCUT2D eigenvalue weighted by Crippen LogP contribution is -2.44. The predicted octanol–water partition coefficient (Wildman–Crippen LogP) is 2.99. The molecule has 1 fully saturated rings. The van der Waals surface area contributed by atoms with Gasteiger partial charge in [0.25, 0.3) is 0 Å². The number of para-hydroxylation sites is 1. The number of benzene rings is 1. The molecule has 2 aromatic heterocycles. The summed E-state index contributed by atoms with van der Waals surface area (Å²) in [5, 5.41) is 10.1. The minimum Gasteiger partial charge on any atom is -0.370 e. The van der Waals surface area contributed by atoms with Crippen LogP contribution in [0.5, 0.6) is 0 Å². The number of nitrogens with one attached hydrogen (secondary N) is 3. The lowest BCUT2D eigenvalue weighted by molar-refractivity contribution is 0.240. The molecule has 0 spiro atoms. The highest BCUT2D eigenvalue weighted by atomic mass is 15.2. The Bertz CT molecular complexity index is 894. The van der Waals surface area contributed by atoms with Gasteiger partial charge in [-0.1, -0.05) is 24.3 Å². The first-order valence-corrected chi connectivity index (χ1v) is 10.2. The summed E-state index contributed by atoms with van der Waals surface area (Å²) in [5.74, 6) is 1.40. The van der Waals surface area contributed by atoms with Gasteiger partial charge in [-0.15, -0.1) is 0 Å². The molecule has 0 aliphatic carbocycles. The molecule has 0 radical (unpaired) electrons. The number of hydrogen-bond donors (Lipinski definition) is 3. The van der Waals surface area contributed by atoms with Gasteiger partial charge in [0, 0.05) is 50.7 Å². The highest BCUT2D eigenvalue weighted by molar-refractivity contribution is 5.77. The van der Waals surface area contributed by atoms with E-state index in [4.69, 9.17) is 0 Å². The number of piperazine rings is 1. The van der Waals surface area contributed by atoms with Crippen molar-refractivity contribution in [3.63, 3.8) is 0 Å². The number of rotatable bonds is 8. The second-order valence-electron chi connectivity index (χ2n) is 7.02. The molecule has 4 rings (SSSR count). The SMILES string of the molecule is c1ccc(-c2ccccc2Nc2nccc(NCCCN3CCNCC3)n2)nc1. The zero-order chi connectivity index (χ0) is 19.7. The molecule has 3 heterocycles. The van der Waals surface area contributed by atoms with Gasteiger partial charge < -0.3 is 20.9 Å². The fourth-order valence-corrected chi connectivity index (χ4v) is 3.43. The van der Waals surface area contributed by atoms with Crippen LogP contribution in [0, 0.1) is 0 Å². The van der Waals surface area contributed by atoms with E-state index < -0.39 is 0 Å². The molecule has 29 heavy (non-hydrogen) atoms. The van der Waals surface area contributed by atoms with Crippen LogP contribution in [0.15, 0.2) is 60.9 Å². The van der Waals surface area contributed by atoms with Gasteiger partial charge in [-0.2, -0.15) is 4.98 Å². The van der Waals surface area contributed by atoms with Crippen molar-refractivity contribution in [2.45, 2.75) is 6.42 Å². The number of hydrogen-bond acceptors (Lipinski definition) is 7. The normalized spacial score (nSPS) is 14.5. The van der Waals surface area contributed by atoms with Gasteiger partial charge in [-0.05, 0) is 37.2 Å². The molecule has 7 nitrogen and oxygen atoms in total. The Morgan fingerprint density at radius 3 is 2.66 bits per heavy atom. The minimum absolute atomic E-state index is 0.570. The van der Waals surface area contributed by atoms with Crippen LogP contribution in [0.2, 0.25) is 0 Å². The van der Waals surface area contributed by atoms with E-state index >= 15 is 0 Å². The van der Waals surface area contributed by atoms with E-state index in [0.29, 0.717) is 5.95 Å². The first-order chi connectivity index (χ1) is 14.4. The second-order valence-corrected chi connectivity index (χ2v) is 7.02. The van der Waals surface area contributed by atoms with Gasteiger partial charge in [-0.3, -0.25) is 4.98 Å². The number of pyridine rings is 1. The fraction of sp³-hybridized carbons (Fsp3) is 0.318. The molecule has 1 saturated heterocycles. The topological polar surface area (TPSA) is 78.0 Å². The van der Waals surface area contributed by atoms with Gasteiger partial charge in [-0.25, -0.2) is 4.98 Å². The van der Waals surface area contributed by atoms with E-state index in [2.05, 4.69) is 35.8 Å². The third kappa shape index (κ3) is 5.49. The van der Waals surface area contributed by atoms with Crippen molar-refractivity contribution in [1.29, 1.82) is 0 Å². The van der Waals surface area contributed by atoms with Crippen LogP contribution in [0.4, 0.5) is 17.5 Å². The lowest BCUT2D eigenvalue weighted by atomic mass is 10.1. The average Bonchev–Trinajstić information content (AvgIpc) is 2.79. The molecule has 1 aliphatic heterocycles. The van der Waals surface area contributed by atoms with Crippen molar-refractivity contribution >= 4 is 17.5 Å². The Morgan fingerprint density at radius 2 is 1.79 bits per heavy atom. The maximum Gasteiger partial charge on any atom is 0.229 e. The van der Waals surface area contributed by atoms with E-state index in [1.807, 2.05) is 48.5 Å². The van der Waals surface area contributed by atoms with Gasteiger partial charge in [0.15, 0.2) is 0 Å². The van der Waals surface area contributed by atoms with Crippen LogP contribution in [0.3, 0.4) is 0 Å². The first kappa shape index (κ1) is 19.3. The summed E-state index contributed by atoms with van der Waals surface area (Å²) in [6, 6.07) is 15.9. The van der Waals surface area contributed by atoms with Crippen LogP contribution >= 0.6 is 0 Å². The Morgan fingerprint density at radius 1 is 0.931 bits per heavy atom. The largest absolute Gasteiger partial charge is 0.370 e.